The van der Waals surface area contributed by atoms with Crippen LogP contribution in [0.4, 0.5) is 5.69 Å². The van der Waals surface area contributed by atoms with Gasteiger partial charge in [0.2, 0.25) is 10.0 Å². The number of oxime groups is 1. The largest absolute Gasteiger partial charge is 0.497 e. The summed E-state index contributed by atoms with van der Waals surface area (Å²) in [5.74, 6) is 2.44. The predicted octanol–water partition coefficient (Wildman–Crippen LogP) is 8.99. The third-order valence-corrected chi connectivity index (χ3v) is 15.8. The number of rotatable bonds is 15. The first kappa shape index (κ1) is 42.9. The van der Waals surface area contributed by atoms with E-state index < -0.39 is 15.3 Å². The van der Waals surface area contributed by atoms with Crippen molar-refractivity contribution >= 4 is 39.0 Å². The Morgan fingerprint density at radius 2 is 1.66 bits per heavy atom. The number of hydrogen-bond donors (Lipinski definition) is 0. The smallest absolute Gasteiger partial charge is 0.337 e. The summed E-state index contributed by atoms with van der Waals surface area (Å²) in [6, 6.07) is 26.9. The molecule has 0 amide bonds. The maximum atomic E-state index is 14.3. The number of benzene rings is 4. The minimum absolute atomic E-state index is 0.0714. The molecule has 2 aliphatic heterocycles. The van der Waals surface area contributed by atoms with E-state index in [0.29, 0.717) is 48.8 Å². The van der Waals surface area contributed by atoms with Crippen molar-refractivity contribution in [2.45, 2.75) is 88.1 Å². The first-order chi connectivity index (χ1) is 29.5. The van der Waals surface area contributed by atoms with Gasteiger partial charge < -0.3 is 28.7 Å². The van der Waals surface area contributed by atoms with Crippen LogP contribution in [0.3, 0.4) is 0 Å². The second kappa shape index (κ2) is 18.3. The van der Waals surface area contributed by atoms with Crippen molar-refractivity contribution < 1.29 is 37.0 Å². The molecule has 4 aromatic carbocycles. The molecule has 324 valence electrons. The number of halogens is 1. The molecule has 0 aromatic heterocycles. The van der Waals surface area contributed by atoms with E-state index in [1.54, 1.807) is 31.5 Å². The number of methoxy groups -OCH3 is 3. The van der Waals surface area contributed by atoms with Gasteiger partial charge in [-0.1, -0.05) is 47.1 Å². The Bertz CT molecular complexity index is 2290. The highest BCUT2D eigenvalue weighted by atomic mass is 35.5. The summed E-state index contributed by atoms with van der Waals surface area (Å²) in [6.07, 6.45) is 6.66. The van der Waals surface area contributed by atoms with Gasteiger partial charge in [-0.05, 0) is 135 Å². The van der Waals surface area contributed by atoms with Gasteiger partial charge in [0, 0.05) is 49.0 Å². The molecule has 61 heavy (non-hydrogen) atoms. The van der Waals surface area contributed by atoms with Crippen LogP contribution in [0.1, 0.15) is 84.5 Å². The molecule has 0 saturated heterocycles. The lowest BCUT2D eigenvalue weighted by atomic mass is 9.68. The van der Waals surface area contributed by atoms with Crippen LogP contribution >= 0.6 is 11.6 Å². The summed E-state index contributed by atoms with van der Waals surface area (Å²) in [7, 11) is 0.913. The summed E-state index contributed by atoms with van der Waals surface area (Å²) >= 11 is 6.48. The number of fused-ring (bicyclic) bond motifs is 3. The van der Waals surface area contributed by atoms with Crippen molar-refractivity contribution in [3.63, 3.8) is 0 Å². The number of esters is 1. The maximum absolute atomic E-state index is 14.3. The summed E-state index contributed by atoms with van der Waals surface area (Å²) in [6.45, 7) is 4.32. The van der Waals surface area contributed by atoms with Crippen LogP contribution in [0.15, 0.2) is 90.1 Å². The van der Waals surface area contributed by atoms with Crippen LogP contribution in [0.2, 0.25) is 5.02 Å². The van der Waals surface area contributed by atoms with Gasteiger partial charge in [0.25, 0.3) is 0 Å². The van der Waals surface area contributed by atoms with E-state index in [4.69, 9.17) is 35.4 Å². The highest BCUT2D eigenvalue weighted by Gasteiger charge is 2.46. The van der Waals surface area contributed by atoms with Crippen molar-refractivity contribution in [1.29, 1.82) is 0 Å². The fourth-order valence-corrected chi connectivity index (χ4v) is 11.4. The molecule has 1 fully saturated rings. The molecule has 2 heterocycles. The quantitative estimate of drug-likeness (QED) is 0.108. The zero-order chi connectivity index (χ0) is 42.7. The Kier molecular flexibility index (Phi) is 12.9. The molecule has 11 nitrogen and oxygen atoms in total. The van der Waals surface area contributed by atoms with Crippen LogP contribution in [0.5, 0.6) is 17.2 Å². The van der Waals surface area contributed by atoms with E-state index in [-0.39, 0.29) is 36.5 Å². The Morgan fingerprint density at radius 3 is 2.30 bits per heavy atom. The van der Waals surface area contributed by atoms with Gasteiger partial charge in [0.05, 0.1) is 50.1 Å². The van der Waals surface area contributed by atoms with E-state index in [1.807, 2.05) is 66.7 Å². The SMILES string of the molecule is COC(=O)c1ccc2c(c1)N(C[C@@H]1CC[C@H]1[C@H]1CC(CC[C@@H](C)S(=O)(=O)N(Cc3ccc(OC)cc3)Cc3ccc(OC)cc3)=NO1)CC1(CCCc3cc(Cl)ccc31)CO2. The molecule has 13 heteroatoms. The molecule has 0 bridgehead atoms. The summed E-state index contributed by atoms with van der Waals surface area (Å²) in [5.41, 5.74) is 6.38. The van der Waals surface area contributed by atoms with Gasteiger partial charge >= 0.3 is 5.97 Å². The molecule has 1 unspecified atom stereocenters. The Balaban J connectivity index is 0.939. The molecular weight excluding hydrogens is 814 g/mol. The summed E-state index contributed by atoms with van der Waals surface area (Å²) in [4.78, 5) is 21.3. The molecule has 1 spiro atoms. The molecular formula is C48H56ClN3O8S. The number of nitrogens with zero attached hydrogens (tertiary/aromatic N) is 3. The monoisotopic (exact) mass is 869 g/mol. The molecule has 4 aliphatic rings. The minimum Gasteiger partial charge on any atom is -0.497 e. The molecule has 1 saturated carbocycles. The van der Waals surface area contributed by atoms with E-state index in [0.717, 1.165) is 78.5 Å². The topological polar surface area (TPSA) is 116 Å². The van der Waals surface area contributed by atoms with Crippen molar-refractivity contribution in [2.24, 2.45) is 17.0 Å². The fraction of sp³-hybridized carbons (Fsp3) is 0.458. The van der Waals surface area contributed by atoms with E-state index in [1.165, 1.54) is 18.2 Å². The number of ether oxygens (including phenoxy) is 4. The second-order valence-electron chi connectivity index (χ2n) is 17.1. The second-order valence-corrected chi connectivity index (χ2v) is 19.9. The molecule has 5 atom stereocenters. The average molecular weight is 871 g/mol. The van der Waals surface area contributed by atoms with E-state index in [9.17, 15) is 13.2 Å². The number of hydrogen-bond acceptors (Lipinski definition) is 10. The van der Waals surface area contributed by atoms with Crippen molar-refractivity contribution in [1.82, 2.24) is 4.31 Å². The van der Waals surface area contributed by atoms with Gasteiger partial charge in [0.1, 0.15) is 23.4 Å². The van der Waals surface area contributed by atoms with Crippen LogP contribution in [0.25, 0.3) is 0 Å². The number of carbonyl (C=O) groups is 1. The van der Waals surface area contributed by atoms with Gasteiger partial charge in [-0.15, -0.1) is 0 Å². The summed E-state index contributed by atoms with van der Waals surface area (Å²) < 4.78 is 52.6. The zero-order valence-corrected chi connectivity index (χ0v) is 37.1. The molecule has 4 aromatic rings. The highest BCUT2D eigenvalue weighted by Crippen LogP contribution is 2.47. The average Bonchev–Trinajstić information content (AvgIpc) is 3.67. The van der Waals surface area contributed by atoms with E-state index in [2.05, 4.69) is 22.2 Å². The van der Waals surface area contributed by atoms with Crippen molar-refractivity contribution in [3.05, 3.63) is 118 Å². The number of anilines is 1. The third kappa shape index (κ3) is 9.22. The highest BCUT2D eigenvalue weighted by molar-refractivity contribution is 7.89. The number of carbonyl (C=O) groups excluding carboxylic acids is 1. The van der Waals surface area contributed by atoms with Crippen LogP contribution in [-0.4, -0.2) is 76.8 Å². The standard InChI is InChI=1S/C48H56ClN3O8S/c1-32(61(54,55)52(27-33-8-16-40(56-2)17-9-33)28-34-10-18-41(57-3)19-11-34)7-15-39-26-46(60-50-39)42-20-12-37(42)29-51-30-48(23-5-6-35-24-38(49)14-21-43(35)48)31-59-45-22-13-36(25-44(45)51)47(53)58-4/h8-11,13-14,16-19,21-22,24-25,32,37,42,46H,5-7,12,15,20,23,26-31H2,1-4H3/t32-,37+,42-,46-,48?/m1/s1. The minimum atomic E-state index is -3.72. The Morgan fingerprint density at radius 1 is 0.951 bits per heavy atom. The Hall–Kier alpha value is -4.78. The van der Waals surface area contributed by atoms with Crippen LogP contribution in [0, 0.1) is 11.8 Å². The fourth-order valence-electron chi connectivity index (χ4n) is 9.66. The number of sulfonamides is 1. The van der Waals surface area contributed by atoms with Gasteiger partial charge in [-0.25, -0.2) is 13.2 Å². The van der Waals surface area contributed by atoms with Gasteiger partial charge in [-0.2, -0.15) is 4.31 Å². The van der Waals surface area contributed by atoms with Gasteiger partial charge in [-0.3, -0.25) is 0 Å². The molecule has 2 aliphatic carbocycles. The first-order valence-corrected chi connectivity index (χ1v) is 23.2. The van der Waals surface area contributed by atoms with Crippen LogP contribution in [-0.2, 0) is 44.5 Å². The van der Waals surface area contributed by atoms with Gasteiger partial charge in [0.15, 0.2) is 0 Å². The zero-order valence-electron chi connectivity index (χ0n) is 35.5. The molecule has 8 rings (SSSR count). The van der Waals surface area contributed by atoms with Crippen molar-refractivity contribution in [2.75, 3.05) is 45.9 Å². The summed E-state index contributed by atoms with van der Waals surface area (Å²) in [5, 5.41) is 4.65. The number of aryl methyl sites for hydroxylation is 1. The lowest BCUT2D eigenvalue weighted by Crippen LogP contribution is -2.49. The Labute approximate surface area is 365 Å². The van der Waals surface area contributed by atoms with Crippen molar-refractivity contribution in [3.8, 4) is 17.2 Å². The maximum Gasteiger partial charge on any atom is 0.337 e. The van der Waals surface area contributed by atoms with Crippen LogP contribution < -0.4 is 19.1 Å². The molecule has 0 N–H and O–H groups in total. The third-order valence-electron chi connectivity index (χ3n) is 13.4. The lowest BCUT2D eigenvalue weighted by molar-refractivity contribution is -0.0213. The predicted molar refractivity (Wildman–Crippen MR) is 238 cm³/mol. The first-order valence-electron chi connectivity index (χ1n) is 21.3. The molecule has 0 radical (unpaired) electrons. The van der Waals surface area contributed by atoms with E-state index >= 15 is 0 Å². The normalized spacial score (nSPS) is 22.5. The lowest BCUT2D eigenvalue weighted by Gasteiger charge is -2.45.